The lowest BCUT2D eigenvalue weighted by Crippen LogP contribution is -1.83. The van der Waals surface area contributed by atoms with Gasteiger partial charge in [0.05, 0.1) is 26.6 Å². The van der Waals surface area contributed by atoms with Gasteiger partial charge in [-0.2, -0.15) is 4.99 Å². The van der Waals surface area contributed by atoms with Crippen LogP contribution in [0, 0.1) is 0 Å². The molecule has 0 heterocycles. The van der Waals surface area contributed by atoms with E-state index in [1.165, 1.54) is 0 Å². The average molecular weight is 455 g/mol. The van der Waals surface area contributed by atoms with Gasteiger partial charge >= 0.3 is 0 Å². The lowest BCUT2D eigenvalue weighted by atomic mass is 10.3. The van der Waals surface area contributed by atoms with E-state index in [1.54, 1.807) is 24.3 Å². The molecule has 0 unspecified atom stereocenters. The lowest BCUT2D eigenvalue weighted by Gasteiger charge is -1.95. The summed E-state index contributed by atoms with van der Waals surface area (Å²) < 4.78 is 1.87. The van der Waals surface area contributed by atoms with Crippen molar-refractivity contribution in [3.8, 4) is 0 Å². The van der Waals surface area contributed by atoms with Crippen LogP contribution in [0.2, 0.25) is 10.0 Å². The summed E-state index contributed by atoms with van der Waals surface area (Å²) in [6.45, 7) is 0. The number of nitrogens with zero attached hydrogens (tertiary/aromatic N) is 1. The number of rotatable bonds is 1. The van der Waals surface area contributed by atoms with Gasteiger partial charge in [0.25, 0.3) is 0 Å². The van der Waals surface area contributed by atoms with Crippen molar-refractivity contribution in [2.45, 2.75) is 0 Å². The van der Waals surface area contributed by atoms with Crippen LogP contribution in [-0.2, 0) is 0 Å². The number of isothiocyanates is 1. The molecular weight excluding hydrogens is 447 g/mol. The van der Waals surface area contributed by atoms with E-state index >= 15 is 0 Å². The van der Waals surface area contributed by atoms with Crippen LogP contribution in [0.25, 0.3) is 0 Å². The van der Waals surface area contributed by atoms with Crippen molar-refractivity contribution in [3.63, 3.8) is 0 Å². The molecule has 0 radical (unpaired) electrons. The minimum Gasteiger partial charge on any atom is -0.398 e. The number of nitrogen functional groups attached to an aromatic ring is 1. The summed E-state index contributed by atoms with van der Waals surface area (Å²) in [6, 6.07) is 10.7. The molecule has 20 heavy (non-hydrogen) atoms. The van der Waals surface area contributed by atoms with Gasteiger partial charge in [-0.15, -0.1) is 0 Å². The molecule has 0 aliphatic rings. The summed E-state index contributed by atoms with van der Waals surface area (Å²) in [5, 5.41) is 3.41. The number of halogens is 4. The second kappa shape index (κ2) is 8.78. The predicted molar refractivity (Wildman–Crippen MR) is 97.4 cm³/mol. The smallest absolute Gasteiger partial charge is 0.0926 e. The Morgan fingerprint density at radius 2 is 1.55 bits per heavy atom. The van der Waals surface area contributed by atoms with Crippen molar-refractivity contribution in [1.82, 2.24) is 0 Å². The van der Waals surface area contributed by atoms with Crippen LogP contribution in [0.3, 0.4) is 0 Å². The monoisotopic (exact) mass is 452 g/mol. The van der Waals surface area contributed by atoms with Crippen molar-refractivity contribution in [3.05, 3.63) is 55.4 Å². The Morgan fingerprint density at radius 3 is 2.00 bits per heavy atom. The van der Waals surface area contributed by atoms with Gasteiger partial charge in [0.2, 0.25) is 0 Å². The van der Waals surface area contributed by atoms with Gasteiger partial charge in [-0.05, 0) is 48.6 Å². The van der Waals surface area contributed by atoms with Crippen LogP contribution in [0.1, 0.15) is 0 Å². The van der Waals surface area contributed by atoms with Crippen LogP contribution < -0.4 is 5.73 Å². The zero-order valence-corrected chi connectivity index (χ0v) is 15.4. The third kappa shape index (κ3) is 5.92. The Bertz CT molecular complexity index is 659. The molecular formula is C13H8Br2Cl2N2S. The topological polar surface area (TPSA) is 38.4 Å². The molecule has 0 saturated carbocycles. The molecule has 0 atom stereocenters. The minimum atomic E-state index is 0.566. The number of aliphatic imine (C=N–C) groups is 1. The summed E-state index contributed by atoms with van der Waals surface area (Å²) in [6.07, 6.45) is 0. The molecule has 2 aromatic carbocycles. The van der Waals surface area contributed by atoms with Crippen molar-refractivity contribution in [2.24, 2.45) is 4.99 Å². The molecule has 2 rings (SSSR count). The number of hydrogen-bond acceptors (Lipinski definition) is 3. The third-order valence-electron chi connectivity index (χ3n) is 2.04. The maximum atomic E-state index is 5.80. The third-order valence-corrected chi connectivity index (χ3v) is 3.75. The fourth-order valence-electron chi connectivity index (χ4n) is 1.12. The van der Waals surface area contributed by atoms with Crippen molar-refractivity contribution in [1.29, 1.82) is 0 Å². The molecule has 0 aliphatic carbocycles. The average Bonchev–Trinajstić information content (AvgIpc) is 2.39. The maximum absolute atomic E-state index is 5.80. The normalized spacial score (nSPS) is 9.20. The number of hydrogen-bond donors (Lipinski definition) is 1. The number of anilines is 1. The summed E-state index contributed by atoms with van der Waals surface area (Å²) in [7, 11) is 0. The van der Waals surface area contributed by atoms with Crippen LogP contribution >= 0.6 is 67.3 Å². The van der Waals surface area contributed by atoms with E-state index in [9.17, 15) is 0 Å². The highest BCUT2D eigenvalue weighted by atomic mass is 79.9. The summed E-state index contributed by atoms with van der Waals surface area (Å²) in [5.41, 5.74) is 6.69. The van der Waals surface area contributed by atoms with Crippen LogP contribution in [-0.4, -0.2) is 5.16 Å². The Morgan fingerprint density at radius 1 is 1.00 bits per heavy atom. The molecule has 0 aromatic heterocycles. The summed E-state index contributed by atoms with van der Waals surface area (Å²) in [5.74, 6) is 0. The van der Waals surface area contributed by atoms with Crippen LogP contribution in [0.15, 0.2) is 50.3 Å². The van der Waals surface area contributed by atoms with Crippen LogP contribution in [0.4, 0.5) is 11.4 Å². The van der Waals surface area contributed by atoms with E-state index in [0.29, 0.717) is 21.4 Å². The van der Waals surface area contributed by atoms with E-state index in [0.717, 1.165) is 8.95 Å². The fraction of sp³-hybridized carbons (Fsp3) is 0. The molecule has 0 aliphatic heterocycles. The highest BCUT2D eigenvalue weighted by molar-refractivity contribution is 9.10. The second-order valence-corrected chi connectivity index (χ2v) is 6.29. The number of nitrogens with two attached hydrogens (primary N) is 1. The Labute approximate surface area is 149 Å². The zero-order chi connectivity index (χ0) is 15.1. The highest BCUT2D eigenvalue weighted by Crippen LogP contribution is 2.27. The molecule has 2 N–H and O–H groups in total. The molecule has 0 bridgehead atoms. The molecule has 0 amide bonds. The van der Waals surface area contributed by atoms with E-state index in [-0.39, 0.29) is 0 Å². The van der Waals surface area contributed by atoms with Gasteiger partial charge < -0.3 is 5.73 Å². The van der Waals surface area contributed by atoms with Gasteiger partial charge in [0, 0.05) is 8.95 Å². The molecule has 0 spiro atoms. The molecule has 2 aromatic rings. The van der Waals surface area contributed by atoms with Gasteiger partial charge in [-0.3, -0.25) is 0 Å². The summed E-state index contributed by atoms with van der Waals surface area (Å²) >= 11 is 22.4. The van der Waals surface area contributed by atoms with E-state index in [2.05, 4.69) is 54.2 Å². The first-order valence-corrected chi connectivity index (χ1v) is 7.92. The van der Waals surface area contributed by atoms with Gasteiger partial charge in [0.1, 0.15) is 0 Å². The molecule has 0 saturated heterocycles. The van der Waals surface area contributed by atoms with Gasteiger partial charge in [-0.1, -0.05) is 55.1 Å². The standard InChI is InChI=1S/C7H3BrClNS.C6H5BrClN/c8-5-1-2-7(10-4-11)6(9)3-5;7-4-1-2-6(9)5(8)3-4/h1-3H;1-3H,9H2. The van der Waals surface area contributed by atoms with E-state index in [1.807, 2.05) is 12.1 Å². The first-order chi connectivity index (χ1) is 9.43. The molecule has 7 heteroatoms. The van der Waals surface area contributed by atoms with Crippen molar-refractivity contribution >= 4 is 83.8 Å². The van der Waals surface area contributed by atoms with E-state index in [4.69, 9.17) is 28.9 Å². The first kappa shape index (κ1) is 17.6. The molecule has 2 nitrogen and oxygen atoms in total. The largest absolute Gasteiger partial charge is 0.398 e. The first-order valence-electron chi connectivity index (χ1n) is 5.17. The van der Waals surface area contributed by atoms with Crippen molar-refractivity contribution in [2.75, 3.05) is 5.73 Å². The zero-order valence-electron chi connectivity index (χ0n) is 9.91. The minimum absolute atomic E-state index is 0.566. The highest BCUT2D eigenvalue weighted by Gasteiger charge is 1.97. The number of benzene rings is 2. The Kier molecular flexibility index (Phi) is 7.74. The molecule has 104 valence electrons. The Balaban J connectivity index is 0.000000204. The van der Waals surface area contributed by atoms with E-state index < -0.39 is 0 Å². The fourth-order valence-corrected chi connectivity index (χ4v) is 2.61. The quantitative estimate of drug-likeness (QED) is 0.302. The van der Waals surface area contributed by atoms with Gasteiger partial charge in [-0.25, -0.2) is 0 Å². The lowest BCUT2D eigenvalue weighted by molar-refractivity contribution is 1.53. The second-order valence-electron chi connectivity index (χ2n) is 3.46. The maximum Gasteiger partial charge on any atom is 0.0926 e. The molecule has 0 fully saturated rings. The van der Waals surface area contributed by atoms with Gasteiger partial charge in [0.15, 0.2) is 0 Å². The van der Waals surface area contributed by atoms with Crippen molar-refractivity contribution < 1.29 is 0 Å². The predicted octanol–water partition coefficient (Wildman–Crippen LogP) is 6.52. The Hall–Kier alpha value is -0.420. The van der Waals surface area contributed by atoms with Crippen LogP contribution in [0.5, 0.6) is 0 Å². The number of thiocarbonyl (C=S) groups is 1. The SMILES string of the molecule is Nc1ccc(Br)cc1Cl.S=C=Nc1ccc(Br)cc1Cl. The summed E-state index contributed by atoms with van der Waals surface area (Å²) in [4.78, 5) is 3.76.